The molecule has 0 bridgehead atoms. The summed E-state index contributed by atoms with van der Waals surface area (Å²) < 4.78 is 0. The van der Waals surface area contributed by atoms with Crippen LogP contribution in [0.15, 0.2) is 96.3 Å². The molecule has 0 radical (unpaired) electrons. The fraction of sp³-hybridized carbons (Fsp3) is 0.143. The molecule has 0 aromatic heterocycles. The van der Waals surface area contributed by atoms with Gasteiger partial charge in [0.15, 0.2) is 11.5 Å². The highest BCUT2D eigenvalue weighted by molar-refractivity contribution is 6.19. The van der Waals surface area contributed by atoms with Crippen LogP contribution in [0.5, 0.6) is 0 Å². The van der Waals surface area contributed by atoms with E-state index >= 15 is 0 Å². The first kappa shape index (κ1) is 22.1. The van der Waals surface area contributed by atoms with Gasteiger partial charge in [-0.05, 0) is 54.0 Å². The molecule has 166 valence electrons. The largest absolute Gasteiger partial charge is 0.503 e. The van der Waals surface area contributed by atoms with Crippen LogP contribution in [0.2, 0.25) is 0 Å². The molecule has 0 saturated heterocycles. The van der Waals surface area contributed by atoms with Gasteiger partial charge in [-0.25, -0.2) is 0 Å². The van der Waals surface area contributed by atoms with Gasteiger partial charge < -0.3 is 10.0 Å². The number of hydrogen-bond donors (Lipinski definition) is 1. The predicted molar refractivity (Wildman–Crippen MR) is 132 cm³/mol. The number of ketones is 1. The molecule has 0 fully saturated rings. The SMILES string of the molecule is Cc1cccc(N2C(=O)C(O)=C(C(=O)C=Cc3ccccc3)C2c2ccc(N(C)C)cc2)c1. The van der Waals surface area contributed by atoms with Crippen molar-refractivity contribution in [3.63, 3.8) is 0 Å². The smallest absolute Gasteiger partial charge is 0.294 e. The van der Waals surface area contributed by atoms with Crippen molar-refractivity contribution >= 4 is 29.1 Å². The van der Waals surface area contributed by atoms with E-state index in [1.54, 1.807) is 6.08 Å². The maximum absolute atomic E-state index is 13.3. The molecule has 33 heavy (non-hydrogen) atoms. The number of aliphatic hydroxyl groups is 1. The van der Waals surface area contributed by atoms with Gasteiger partial charge in [0.25, 0.3) is 5.91 Å². The van der Waals surface area contributed by atoms with Crippen molar-refractivity contribution < 1.29 is 14.7 Å². The van der Waals surface area contributed by atoms with Gasteiger partial charge in [0.05, 0.1) is 11.6 Å². The second-order valence-corrected chi connectivity index (χ2v) is 8.27. The highest BCUT2D eigenvalue weighted by Gasteiger charge is 2.43. The number of amides is 1. The van der Waals surface area contributed by atoms with Crippen molar-refractivity contribution in [2.75, 3.05) is 23.9 Å². The zero-order valence-electron chi connectivity index (χ0n) is 18.9. The van der Waals surface area contributed by atoms with Gasteiger partial charge in [-0.15, -0.1) is 0 Å². The standard InChI is InChI=1S/C28H26N2O3/c1-19-8-7-11-23(18-19)30-26(21-13-15-22(16-14-21)29(2)3)25(27(32)28(30)33)24(31)17-12-20-9-5-4-6-10-20/h4-18,26,32H,1-3H3. The molecule has 0 saturated carbocycles. The summed E-state index contributed by atoms with van der Waals surface area (Å²) in [6.45, 7) is 1.94. The van der Waals surface area contributed by atoms with Gasteiger partial charge in [0.1, 0.15) is 0 Å². The van der Waals surface area contributed by atoms with Crippen molar-refractivity contribution in [1.82, 2.24) is 0 Å². The average Bonchev–Trinajstić information content (AvgIpc) is 3.09. The van der Waals surface area contributed by atoms with Gasteiger partial charge in [0.2, 0.25) is 0 Å². The molecule has 1 unspecified atom stereocenters. The Balaban J connectivity index is 1.79. The van der Waals surface area contributed by atoms with Crippen LogP contribution in [0.1, 0.15) is 22.7 Å². The third-order valence-electron chi connectivity index (χ3n) is 5.71. The van der Waals surface area contributed by atoms with Gasteiger partial charge in [-0.2, -0.15) is 0 Å². The number of nitrogens with zero attached hydrogens (tertiary/aromatic N) is 2. The number of benzene rings is 3. The molecule has 4 rings (SSSR count). The summed E-state index contributed by atoms with van der Waals surface area (Å²) >= 11 is 0. The highest BCUT2D eigenvalue weighted by Crippen LogP contribution is 2.41. The lowest BCUT2D eigenvalue weighted by molar-refractivity contribution is -0.117. The van der Waals surface area contributed by atoms with E-state index in [0.717, 1.165) is 22.4 Å². The van der Waals surface area contributed by atoms with E-state index in [4.69, 9.17) is 0 Å². The first-order valence-electron chi connectivity index (χ1n) is 10.7. The Morgan fingerprint density at radius 1 is 0.970 bits per heavy atom. The molecule has 5 heteroatoms. The molecule has 5 nitrogen and oxygen atoms in total. The minimum absolute atomic E-state index is 0.0753. The van der Waals surface area contributed by atoms with E-state index in [9.17, 15) is 14.7 Å². The second-order valence-electron chi connectivity index (χ2n) is 8.27. The number of allylic oxidation sites excluding steroid dienone is 1. The maximum Gasteiger partial charge on any atom is 0.294 e. The highest BCUT2D eigenvalue weighted by atomic mass is 16.3. The Morgan fingerprint density at radius 2 is 1.67 bits per heavy atom. The molecular formula is C28H26N2O3. The van der Waals surface area contributed by atoms with E-state index < -0.39 is 23.5 Å². The molecule has 0 spiro atoms. The summed E-state index contributed by atoms with van der Waals surface area (Å²) in [5.74, 6) is -1.50. The summed E-state index contributed by atoms with van der Waals surface area (Å²) in [5.41, 5.74) is 4.28. The number of carbonyl (C=O) groups is 2. The normalized spacial score (nSPS) is 16.0. The molecule has 1 aliphatic heterocycles. The maximum atomic E-state index is 13.3. The monoisotopic (exact) mass is 438 g/mol. The topological polar surface area (TPSA) is 60.9 Å². The van der Waals surface area contributed by atoms with Crippen LogP contribution < -0.4 is 9.80 Å². The summed E-state index contributed by atoms with van der Waals surface area (Å²) in [6, 6.07) is 23.8. The number of aliphatic hydroxyl groups excluding tert-OH is 1. The number of aryl methyl sites for hydroxylation is 1. The predicted octanol–water partition coefficient (Wildman–Crippen LogP) is 5.24. The van der Waals surface area contributed by atoms with E-state index in [1.807, 2.05) is 105 Å². The summed E-state index contributed by atoms with van der Waals surface area (Å²) in [6.07, 6.45) is 3.10. The van der Waals surface area contributed by atoms with Crippen LogP contribution in [0.3, 0.4) is 0 Å². The van der Waals surface area contributed by atoms with Crippen molar-refractivity contribution in [3.8, 4) is 0 Å². The number of hydrogen-bond acceptors (Lipinski definition) is 4. The molecular weight excluding hydrogens is 412 g/mol. The molecule has 1 aliphatic rings. The minimum Gasteiger partial charge on any atom is -0.503 e. The molecule has 1 atom stereocenters. The number of carbonyl (C=O) groups excluding carboxylic acids is 2. The molecule has 1 amide bonds. The Bertz CT molecular complexity index is 1240. The van der Waals surface area contributed by atoms with Crippen LogP contribution in [-0.2, 0) is 9.59 Å². The van der Waals surface area contributed by atoms with Crippen molar-refractivity contribution in [3.05, 3.63) is 113 Å². The zero-order valence-corrected chi connectivity index (χ0v) is 18.9. The Labute approximate surface area is 193 Å². The molecule has 3 aromatic rings. The fourth-order valence-corrected chi connectivity index (χ4v) is 4.00. The number of anilines is 2. The first-order valence-corrected chi connectivity index (χ1v) is 10.7. The van der Waals surface area contributed by atoms with Crippen LogP contribution in [0, 0.1) is 6.92 Å². The van der Waals surface area contributed by atoms with E-state index in [2.05, 4.69) is 0 Å². The Kier molecular flexibility index (Phi) is 6.13. The zero-order chi connectivity index (χ0) is 23.5. The van der Waals surface area contributed by atoms with Crippen LogP contribution >= 0.6 is 0 Å². The molecule has 1 N–H and O–H groups in total. The van der Waals surface area contributed by atoms with Gasteiger partial charge in [-0.3, -0.25) is 14.5 Å². The van der Waals surface area contributed by atoms with E-state index in [-0.39, 0.29) is 5.57 Å². The van der Waals surface area contributed by atoms with E-state index in [1.165, 1.54) is 11.0 Å². The minimum atomic E-state index is -0.733. The third-order valence-corrected chi connectivity index (χ3v) is 5.71. The van der Waals surface area contributed by atoms with Gasteiger partial charge >= 0.3 is 0 Å². The lowest BCUT2D eigenvalue weighted by Gasteiger charge is -2.27. The lowest BCUT2D eigenvalue weighted by atomic mass is 9.95. The lowest BCUT2D eigenvalue weighted by Crippen LogP contribution is -2.31. The van der Waals surface area contributed by atoms with Crippen molar-refractivity contribution in [1.29, 1.82) is 0 Å². The molecule has 3 aromatic carbocycles. The Hall–Kier alpha value is -4.12. The van der Waals surface area contributed by atoms with Crippen LogP contribution in [0.25, 0.3) is 6.08 Å². The number of rotatable bonds is 6. The first-order chi connectivity index (χ1) is 15.9. The quantitative estimate of drug-likeness (QED) is 0.535. The summed E-state index contributed by atoms with van der Waals surface area (Å²) in [5, 5.41) is 10.8. The van der Waals surface area contributed by atoms with E-state index in [0.29, 0.717) is 5.69 Å². The van der Waals surface area contributed by atoms with Gasteiger partial charge in [0, 0.05) is 25.5 Å². The molecule has 0 aliphatic carbocycles. The third kappa shape index (κ3) is 4.44. The van der Waals surface area contributed by atoms with Crippen LogP contribution in [0.4, 0.5) is 11.4 Å². The Morgan fingerprint density at radius 3 is 2.30 bits per heavy atom. The van der Waals surface area contributed by atoms with Crippen molar-refractivity contribution in [2.45, 2.75) is 13.0 Å². The summed E-state index contributed by atoms with van der Waals surface area (Å²) in [7, 11) is 3.89. The average molecular weight is 439 g/mol. The molecule has 1 heterocycles. The second kappa shape index (κ2) is 9.17. The summed E-state index contributed by atoms with van der Waals surface area (Å²) in [4.78, 5) is 30.0. The van der Waals surface area contributed by atoms with Crippen LogP contribution in [-0.4, -0.2) is 30.9 Å². The fourth-order valence-electron chi connectivity index (χ4n) is 4.00. The van der Waals surface area contributed by atoms with Gasteiger partial charge in [-0.1, -0.05) is 60.7 Å². The van der Waals surface area contributed by atoms with Crippen molar-refractivity contribution in [2.24, 2.45) is 0 Å².